The topological polar surface area (TPSA) is 92.1 Å². The fourth-order valence-corrected chi connectivity index (χ4v) is 20.2. The second kappa shape index (κ2) is 32.7. The third-order valence-corrected chi connectivity index (χ3v) is 26.5. The van der Waals surface area contributed by atoms with E-state index in [1.165, 1.54) is 163 Å². The van der Waals surface area contributed by atoms with Crippen molar-refractivity contribution in [3.05, 3.63) is 479 Å². The zero-order valence-corrected chi connectivity index (χ0v) is 72.1. The summed E-state index contributed by atoms with van der Waals surface area (Å²) < 4.78 is 6.53. The predicted molar refractivity (Wildman–Crippen MR) is 552 cm³/mol. The molecule has 0 spiro atoms. The Labute approximate surface area is 767 Å². The van der Waals surface area contributed by atoms with E-state index < -0.39 is 0 Å². The molecule has 0 amide bonds. The van der Waals surface area contributed by atoms with Crippen LogP contribution in [0, 0.1) is 0 Å². The first-order valence-corrected chi connectivity index (χ1v) is 45.1. The zero-order chi connectivity index (χ0) is 87.8. The summed E-state index contributed by atoms with van der Waals surface area (Å²) in [4.78, 5) is 0. The van der Waals surface area contributed by atoms with Crippen molar-refractivity contribution in [2.45, 2.75) is 0 Å². The van der Waals surface area contributed by atoms with Gasteiger partial charge in [0.2, 0.25) is 0 Å². The van der Waals surface area contributed by atoms with Crippen LogP contribution in [0.2, 0.25) is 0 Å². The van der Waals surface area contributed by atoms with Crippen molar-refractivity contribution in [1.29, 1.82) is 0 Å². The van der Waals surface area contributed by atoms with Gasteiger partial charge in [-0.25, -0.2) is 0 Å². The highest BCUT2D eigenvalue weighted by Gasteiger charge is 2.26. The van der Waals surface area contributed by atoms with E-state index in [1.807, 2.05) is 109 Å². The smallest absolute Gasteiger partial charge is 0.168 e. The minimum absolute atomic E-state index is 0.817. The molecule has 24 aromatic carbocycles. The van der Waals surface area contributed by atoms with Crippen molar-refractivity contribution in [3.8, 4) is 141 Å². The molecular weight excluding hydrogens is 1620 g/mol. The van der Waals surface area contributed by atoms with E-state index in [4.69, 9.17) is 10.2 Å². The summed E-state index contributed by atoms with van der Waals surface area (Å²) >= 11 is 0. The predicted octanol–water partition coefficient (Wildman–Crippen LogP) is 32.0. The second-order valence-electron chi connectivity index (χ2n) is 34.0. The molecule has 0 aliphatic heterocycles. The zero-order valence-electron chi connectivity index (χ0n) is 72.1. The highest BCUT2D eigenvalue weighted by molar-refractivity contribution is 6.30. The molecular formula is C124H79N9. The van der Waals surface area contributed by atoms with Crippen molar-refractivity contribution in [3.63, 3.8) is 0 Å². The molecule has 133 heavy (non-hydrogen) atoms. The van der Waals surface area contributed by atoms with Crippen LogP contribution in [0.15, 0.2) is 479 Å². The molecule has 0 unspecified atom stereocenters. The van der Waals surface area contributed by atoms with Crippen molar-refractivity contribution < 1.29 is 0 Å². The van der Waals surface area contributed by atoms with Crippen molar-refractivity contribution in [1.82, 2.24) is 44.3 Å². The van der Waals surface area contributed by atoms with Crippen LogP contribution in [0.5, 0.6) is 0 Å². The van der Waals surface area contributed by atoms with Gasteiger partial charge in [-0.1, -0.05) is 443 Å². The maximum atomic E-state index is 4.72. The minimum atomic E-state index is 0.817. The van der Waals surface area contributed by atoms with Crippen LogP contribution >= 0.6 is 0 Å². The molecule has 0 fully saturated rings. The molecule has 0 bridgehead atoms. The molecule has 620 valence electrons. The van der Waals surface area contributed by atoms with E-state index in [1.54, 1.807) is 0 Å². The molecule has 9 nitrogen and oxygen atoms in total. The molecule has 0 aliphatic rings. The van der Waals surface area contributed by atoms with Gasteiger partial charge in [-0.05, 0) is 194 Å². The van der Waals surface area contributed by atoms with Crippen molar-refractivity contribution >= 4 is 108 Å². The third kappa shape index (κ3) is 13.6. The van der Waals surface area contributed by atoms with E-state index in [0.29, 0.717) is 0 Å². The lowest BCUT2D eigenvalue weighted by atomic mass is 9.87. The van der Waals surface area contributed by atoms with Gasteiger partial charge in [-0.15, -0.1) is 30.6 Å². The molecule has 0 N–H and O–H groups in total. The molecule has 27 aromatic rings. The van der Waals surface area contributed by atoms with Gasteiger partial charge in [0.1, 0.15) is 0 Å². The molecule has 0 aliphatic carbocycles. The second-order valence-corrected chi connectivity index (χ2v) is 34.0. The lowest BCUT2D eigenvalue weighted by Crippen LogP contribution is -2.02. The average molecular weight is 1700 g/mol. The number of aromatic nitrogens is 9. The number of hydrogen-bond donors (Lipinski definition) is 0. The number of rotatable bonds is 14. The van der Waals surface area contributed by atoms with Crippen LogP contribution in [0.25, 0.3) is 249 Å². The maximum Gasteiger partial charge on any atom is 0.168 e. The Kier molecular flexibility index (Phi) is 19.1. The monoisotopic (exact) mass is 1690 g/mol. The largest absolute Gasteiger partial charge is 0.275 e. The summed E-state index contributed by atoms with van der Waals surface area (Å²) in [6.45, 7) is 0. The van der Waals surface area contributed by atoms with Gasteiger partial charge in [0.05, 0.1) is 5.69 Å². The maximum absolute atomic E-state index is 4.72. The number of benzene rings is 24. The van der Waals surface area contributed by atoms with Crippen molar-refractivity contribution in [2.75, 3.05) is 0 Å². The summed E-state index contributed by atoms with van der Waals surface area (Å²) in [5.41, 5.74) is 21.6. The number of nitrogens with zero attached hydrogens (tertiary/aromatic N) is 9. The Morgan fingerprint density at radius 2 is 0.331 bits per heavy atom. The molecule has 0 saturated heterocycles. The molecule has 3 aromatic heterocycles. The number of hydrogen-bond acceptors (Lipinski definition) is 6. The van der Waals surface area contributed by atoms with Crippen LogP contribution in [0.3, 0.4) is 0 Å². The van der Waals surface area contributed by atoms with Gasteiger partial charge in [0, 0.05) is 50.1 Å². The van der Waals surface area contributed by atoms with Crippen LogP contribution in [0.1, 0.15) is 0 Å². The fraction of sp³-hybridized carbons (Fsp3) is 0. The molecule has 0 radical (unpaired) electrons. The van der Waals surface area contributed by atoms with Gasteiger partial charge >= 0.3 is 0 Å². The van der Waals surface area contributed by atoms with E-state index in [-0.39, 0.29) is 0 Å². The lowest BCUT2D eigenvalue weighted by molar-refractivity contribution is 1.07. The van der Waals surface area contributed by atoms with E-state index in [9.17, 15) is 0 Å². The Balaban J connectivity index is 0.000000108. The van der Waals surface area contributed by atoms with Crippen LogP contribution in [-0.4, -0.2) is 44.3 Å². The van der Waals surface area contributed by atoms with Gasteiger partial charge in [-0.2, -0.15) is 0 Å². The first kappa shape index (κ1) is 77.4. The van der Waals surface area contributed by atoms with Gasteiger partial charge in [-0.3, -0.25) is 13.7 Å². The Morgan fingerprint density at radius 1 is 0.128 bits per heavy atom. The number of fused-ring (bicyclic) bond motifs is 1. The van der Waals surface area contributed by atoms with Crippen molar-refractivity contribution in [2.24, 2.45) is 0 Å². The van der Waals surface area contributed by atoms with Crippen LogP contribution in [0.4, 0.5) is 0 Å². The summed E-state index contributed by atoms with van der Waals surface area (Å²) in [6.07, 6.45) is 0. The van der Waals surface area contributed by atoms with Gasteiger partial charge < -0.3 is 0 Å². The van der Waals surface area contributed by atoms with E-state index in [0.717, 1.165) is 85.4 Å². The standard InChI is InChI=1S/C46H29N3.C42H27N3.C36H23N3/c1-3-10-34(11-4-1)45-47-48-46(35-12-5-2-6-13-35)49(45)38-23-17-31(18-24-38)39-25-19-32-22-28-42-40(26-20-33-21-27-41(39)43(32)44(33)42)37-16-15-30-9-7-8-14-36(30)29-37;1-4-10-28(11-5-1)35-24-18-30-21-27-38-36(25-19-31-20-26-37(35)39(30)40(31)38)29-16-22-34(23-17-29)45-41(32-12-6-2-7-13-32)43-44-42(45)33-14-8-3-9-15-33;1-4-10-24(11-5-1)29-20-16-25-18-22-31-32(23-19-26-17-21-30(29)33(25)34(26)31)39-35(27-12-6-2-7-13-27)37-38-36(39)28-14-8-3-9-15-28/h1-29H;1-27H;1-23H. The summed E-state index contributed by atoms with van der Waals surface area (Å²) in [5, 5.41) is 53.5. The lowest BCUT2D eigenvalue weighted by Gasteiger charge is -2.18. The van der Waals surface area contributed by atoms with E-state index in [2.05, 4.69) is 404 Å². The normalized spacial score (nSPS) is 11.6. The summed E-state index contributed by atoms with van der Waals surface area (Å²) in [7, 11) is 0. The first-order valence-electron chi connectivity index (χ1n) is 45.1. The Bertz CT molecular complexity index is 8830. The molecule has 27 rings (SSSR count). The van der Waals surface area contributed by atoms with Crippen LogP contribution < -0.4 is 0 Å². The van der Waals surface area contributed by atoms with Gasteiger partial charge in [0.15, 0.2) is 34.9 Å². The molecule has 0 atom stereocenters. The summed E-state index contributed by atoms with van der Waals surface area (Å²) in [5.74, 6) is 4.93. The average Bonchev–Trinajstić information content (AvgIpc) is 1.71. The van der Waals surface area contributed by atoms with Crippen LogP contribution in [-0.2, 0) is 0 Å². The molecule has 3 heterocycles. The highest BCUT2D eigenvalue weighted by atomic mass is 15.3. The quantitative estimate of drug-likeness (QED) is 0.101. The Morgan fingerprint density at radius 3 is 0.624 bits per heavy atom. The fourth-order valence-electron chi connectivity index (χ4n) is 20.2. The molecule has 9 heteroatoms. The first-order chi connectivity index (χ1) is 66.0. The third-order valence-electron chi connectivity index (χ3n) is 26.5. The van der Waals surface area contributed by atoms with E-state index >= 15 is 0 Å². The Hall–Kier alpha value is -17.9. The van der Waals surface area contributed by atoms with Gasteiger partial charge in [0.25, 0.3) is 0 Å². The summed E-state index contributed by atoms with van der Waals surface area (Å²) in [6, 6.07) is 170. The minimum Gasteiger partial charge on any atom is -0.275 e. The highest BCUT2D eigenvalue weighted by Crippen LogP contribution is 2.48. The SMILES string of the molecule is c1ccc(-c2ccc3ccc4c(-c5ccc(-n6c(-c7ccccc7)nnc6-c6ccccc6)cc5)ccc5ccc2c3c54)cc1.c1ccc(-c2ccc3ccc4c(-n5c(-c6ccccc6)nnc5-c5ccccc5)ccc5ccc2c3c54)cc1.c1ccc(-c2nnc(-c3ccccc3)n2-c2ccc(-c3ccc4ccc5c(-c6ccc7ccccc7c6)ccc6ccc3c4c65)cc2)cc1. The molecule has 0 saturated carbocycles.